The van der Waals surface area contributed by atoms with Gasteiger partial charge in [0.25, 0.3) is 0 Å². The van der Waals surface area contributed by atoms with E-state index in [0.717, 1.165) is 13.2 Å². The molecule has 21 heavy (non-hydrogen) atoms. The Morgan fingerprint density at radius 1 is 1.14 bits per heavy atom. The lowest BCUT2D eigenvalue weighted by Gasteiger charge is -2.16. The molecule has 1 aromatic carbocycles. The first-order chi connectivity index (χ1) is 10.3. The third kappa shape index (κ3) is 2.55. The van der Waals surface area contributed by atoms with Crippen LogP contribution in [0.2, 0.25) is 0 Å². The molecule has 2 aliphatic rings. The van der Waals surface area contributed by atoms with Gasteiger partial charge in [0.05, 0.1) is 19.3 Å². The molecule has 1 unspecified atom stereocenters. The van der Waals surface area contributed by atoms with Crippen molar-refractivity contribution >= 4 is 23.1 Å². The fourth-order valence-electron chi connectivity index (χ4n) is 3.16. The third-order valence-electron chi connectivity index (χ3n) is 4.30. The summed E-state index contributed by atoms with van der Waals surface area (Å²) in [5.74, 6) is 2.45. The summed E-state index contributed by atoms with van der Waals surface area (Å²) in [7, 11) is 2.06. The molecule has 1 atom stereocenters. The first-order valence-electron chi connectivity index (χ1n) is 7.41. The molecule has 4 heteroatoms. The molecular formula is C17H19NOS2. The lowest BCUT2D eigenvalue weighted by molar-refractivity contribution is 0.134. The van der Waals surface area contributed by atoms with Crippen LogP contribution in [0.25, 0.3) is 0 Å². The zero-order valence-electron chi connectivity index (χ0n) is 12.1. The molecule has 0 saturated heterocycles. The maximum atomic E-state index is 5.53. The average Bonchev–Trinajstić information content (AvgIpc) is 3.13. The lowest BCUT2D eigenvalue weighted by atomic mass is 10.00. The van der Waals surface area contributed by atoms with Gasteiger partial charge in [0.15, 0.2) is 0 Å². The summed E-state index contributed by atoms with van der Waals surface area (Å²) in [6, 6.07) is 9.51. The van der Waals surface area contributed by atoms with E-state index in [9.17, 15) is 0 Å². The number of rotatable bonds is 3. The van der Waals surface area contributed by atoms with Crippen LogP contribution < -0.4 is 5.32 Å². The molecule has 0 fully saturated rings. The van der Waals surface area contributed by atoms with E-state index in [-0.39, 0.29) is 0 Å². The Kier molecular flexibility index (Phi) is 3.79. The maximum Gasteiger partial charge on any atom is 0.0725 e. The molecule has 2 nitrogen and oxygen atoms in total. The highest BCUT2D eigenvalue weighted by atomic mass is 32.2. The van der Waals surface area contributed by atoms with Crippen LogP contribution in [0.5, 0.6) is 0 Å². The Labute approximate surface area is 133 Å². The normalized spacial score (nSPS) is 18.3. The largest absolute Gasteiger partial charge is 0.372 e. The van der Waals surface area contributed by atoms with Crippen molar-refractivity contribution < 1.29 is 4.74 Å². The van der Waals surface area contributed by atoms with Crippen molar-refractivity contribution in [2.75, 3.05) is 12.8 Å². The van der Waals surface area contributed by atoms with E-state index in [1.807, 2.05) is 11.3 Å². The van der Waals surface area contributed by atoms with E-state index in [0.29, 0.717) is 6.04 Å². The van der Waals surface area contributed by atoms with Crippen LogP contribution >= 0.6 is 23.1 Å². The zero-order valence-corrected chi connectivity index (χ0v) is 13.8. The highest BCUT2D eigenvalue weighted by molar-refractivity contribution is 7.98. The smallest absolute Gasteiger partial charge is 0.0725 e. The topological polar surface area (TPSA) is 21.3 Å². The molecule has 0 radical (unpaired) electrons. The minimum Gasteiger partial charge on any atom is -0.372 e. The highest BCUT2D eigenvalue weighted by Crippen LogP contribution is 2.37. The Morgan fingerprint density at radius 3 is 2.90 bits per heavy atom. The highest BCUT2D eigenvalue weighted by Gasteiger charge is 2.21. The molecule has 0 amide bonds. The summed E-state index contributed by atoms with van der Waals surface area (Å²) in [4.78, 5) is 3.04. The van der Waals surface area contributed by atoms with Crippen molar-refractivity contribution in [3.05, 3.63) is 56.3 Å². The second kappa shape index (κ2) is 5.76. The Bertz CT molecular complexity index is 641. The monoisotopic (exact) mass is 317 g/mol. The molecule has 0 spiro atoms. The van der Waals surface area contributed by atoms with Crippen molar-refractivity contribution in [2.24, 2.45) is 0 Å². The fraction of sp³-hybridized carbons (Fsp3) is 0.412. The van der Waals surface area contributed by atoms with Crippen molar-refractivity contribution in [1.82, 2.24) is 5.32 Å². The number of thiophene rings is 1. The van der Waals surface area contributed by atoms with E-state index < -0.39 is 0 Å². The number of thioether (sulfide) groups is 1. The molecular weight excluding hydrogens is 298 g/mol. The number of fused-ring (bicyclic) bond motifs is 2. The Hall–Kier alpha value is -0.810. The summed E-state index contributed by atoms with van der Waals surface area (Å²) in [5.41, 5.74) is 5.60. The summed E-state index contributed by atoms with van der Waals surface area (Å²) < 4.78 is 5.53. The molecule has 0 saturated carbocycles. The van der Waals surface area contributed by atoms with Crippen molar-refractivity contribution in [3.8, 4) is 0 Å². The molecule has 110 valence electrons. The first kappa shape index (κ1) is 13.8. The van der Waals surface area contributed by atoms with Gasteiger partial charge in [0.2, 0.25) is 0 Å². The summed E-state index contributed by atoms with van der Waals surface area (Å²) in [6.07, 6.45) is 1.24. The van der Waals surface area contributed by atoms with Crippen molar-refractivity contribution in [3.63, 3.8) is 0 Å². The second-order valence-corrected chi connectivity index (χ2v) is 7.92. The van der Waals surface area contributed by atoms with Gasteiger partial charge in [0, 0.05) is 15.5 Å². The van der Waals surface area contributed by atoms with Gasteiger partial charge in [-0.15, -0.1) is 11.3 Å². The predicted octanol–water partition coefficient (Wildman–Crippen LogP) is 3.88. The Balaban J connectivity index is 1.69. The van der Waals surface area contributed by atoms with Crippen LogP contribution in [0.3, 0.4) is 0 Å². The van der Waals surface area contributed by atoms with Gasteiger partial charge in [-0.3, -0.25) is 0 Å². The van der Waals surface area contributed by atoms with Crippen LogP contribution in [0, 0.1) is 0 Å². The van der Waals surface area contributed by atoms with Crippen LogP contribution in [0.15, 0.2) is 24.3 Å². The van der Waals surface area contributed by atoms with Crippen LogP contribution in [0.1, 0.15) is 38.0 Å². The number of nitrogens with one attached hydrogen (secondary N) is 1. The number of hydrogen-bond acceptors (Lipinski definition) is 4. The summed E-state index contributed by atoms with van der Waals surface area (Å²) in [6.45, 7) is 1.53. The minimum atomic E-state index is 0.302. The van der Waals surface area contributed by atoms with E-state index in [1.165, 1.54) is 39.5 Å². The average molecular weight is 317 g/mol. The quantitative estimate of drug-likeness (QED) is 0.928. The van der Waals surface area contributed by atoms with E-state index in [1.54, 1.807) is 10.4 Å². The van der Waals surface area contributed by atoms with Crippen LogP contribution in [0.4, 0.5) is 0 Å². The van der Waals surface area contributed by atoms with Gasteiger partial charge in [-0.25, -0.2) is 0 Å². The molecule has 2 aliphatic heterocycles. The van der Waals surface area contributed by atoms with Crippen LogP contribution in [-0.2, 0) is 30.1 Å². The standard InChI is InChI=1S/C17H19NOS2/c1-18-17(11-2-3-12-8-19-9-13(12)6-11)16-7-14-10-20-5-4-15(14)21-16/h2-3,6-7,17-18H,4-5,8-10H2,1H3. The third-order valence-corrected chi connectivity index (χ3v) is 6.61. The summed E-state index contributed by atoms with van der Waals surface area (Å²) >= 11 is 4.04. The van der Waals surface area contributed by atoms with E-state index >= 15 is 0 Å². The second-order valence-electron chi connectivity index (χ2n) is 5.64. The number of aryl methyl sites for hydroxylation is 1. The van der Waals surface area contributed by atoms with E-state index in [4.69, 9.17) is 4.74 Å². The van der Waals surface area contributed by atoms with Crippen LogP contribution in [-0.4, -0.2) is 12.8 Å². The first-order valence-corrected chi connectivity index (χ1v) is 9.38. The van der Waals surface area contributed by atoms with Gasteiger partial charge in [-0.1, -0.05) is 18.2 Å². The zero-order chi connectivity index (χ0) is 14.2. The maximum absolute atomic E-state index is 5.53. The van der Waals surface area contributed by atoms with Gasteiger partial charge < -0.3 is 10.1 Å². The Morgan fingerprint density at radius 2 is 2.05 bits per heavy atom. The number of hydrogen-bond donors (Lipinski definition) is 1. The van der Waals surface area contributed by atoms with Gasteiger partial charge >= 0.3 is 0 Å². The molecule has 4 rings (SSSR count). The number of ether oxygens (including phenoxy) is 1. The lowest BCUT2D eigenvalue weighted by Crippen LogP contribution is -2.16. The molecule has 1 N–H and O–H groups in total. The van der Waals surface area contributed by atoms with Gasteiger partial charge in [-0.05, 0) is 47.5 Å². The fourth-order valence-corrected chi connectivity index (χ4v) is 5.67. The molecule has 3 heterocycles. The molecule has 1 aromatic heterocycles. The minimum absolute atomic E-state index is 0.302. The SMILES string of the molecule is CNC(c1ccc2c(c1)COC2)c1cc2c(s1)CCSC2. The van der Waals surface area contributed by atoms with Crippen molar-refractivity contribution in [2.45, 2.75) is 31.4 Å². The molecule has 0 bridgehead atoms. The summed E-state index contributed by atoms with van der Waals surface area (Å²) in [5, 5.41) is 3.50. The predicted molar refractivity (Wildman–Crippen MR) is 90.0 cm³/mol. The number of benzene rings is 1. The van der Waals surface area contributed by atoms with Gasteiger partial charge in [0.1, 0.15) is 0 Å². The van der Waals surface area contributed by atoms with Gasteiger partial charge in [-0.2, -0.15) is 11.8 Å². The van der Waals surface area contributed by atoms with E-state index in [2.05, 4.69) is 48.4 Å². The van der Waals surface area contributed by atoms with Crippen molar-refractivity contribution in [1.29, 1.82) is 0 Å². The molecule has 2 aromatic rings. The molecule has 0 aliphatic carbocycles.